The van der Waals surface area contributed by atoms with Crippen LogP contribution in [-0.4, -0.2) is 39.8 Å². The van der Waals surface area contributed by atoms with E-state index >= 15 is 0 Å². The number of benzene rings is 1. The number of aryl methyl sites for hydroxylation is 1. The van der Waals surface area contributed by atoms with Gasteiger partial charge in [-0.15, -0.1) is 0 Å². The maximum atomic E-state index is 12.2. The predicted molar refractivity (Wildman–Crippen MR) is 106 cm³/mol. The Morgan fingerprint density at radius 2 is 2.04 bits per heavy atom. The average Bonchev–Trinajstić information content (AvgIpc) is 2.92. The van der Waals surface area contributed by atoms with Gasteiger partial charge in [0.25, 0.3) is 5.56 Å². The number of nitriles is 1. The molecule has 8 nitrogen and oxygen atoms in total. The molecular formula is C20H20N4O4. The van der Waals surface area contributed by atoms with Crippen molar-refractivity contribution in [2.75, 3.05) is 19.0 Å². The molecule has 8 heteroatoms. The monoisotopic (exact) mass is 380 g/mol. The fraction of sp³-hybridized carbons (Fsp3) is 0.250. The maximum absolute atomic E-state index is 12.2. The molecule has 3 aromatic rings. The van der Waals surface area contributed by atoms with E-state index in [1.807, 2.05) is 36.7 Å². The number of aromatic amines is 1. The van der Waals surface area contributed by atoms with Crippen LogP contribution in [0.15, 0.2) is 23.0 Å². The normalized spacial score (nSPS) is 10.8. The van der Waals surface area contributed by atoms with Crippen LogP contribution in [-0.2, 0) is 13.5 Å². The Morgan fingerprint density at radius 1 is 1.36 bits per heavy atom. The lowest BCUT2D eigenvalue weighted by Gasteiger charge is -2.14. The molecule has 3 rings (SSSR count). The van der Waals surface area contributed by atoms with Crippen molar-refractivity contribution in [3.63, 3.8) is 0 Å². The SMILES string of the molecule is CCc1c(-c2ccc3c(c2)c(C#N)c(N(C)C)n3C)[nH]c(=O)c(C(=O)O)c1O. The van der Waals surface area contributed by atoms with Crippen LogP contribution in [0.2, 0.25) is 0 Å². The van der Waals surface area contributed by atoms with Crippen LogP contribution < -0.4 is 10.5 Å². The molecular weight excluding hydrogens is 360 g/mol. The number of pyridine rings is 1. The van der Waals surface area contributed by atoms with E-state index in [1.54, 1.807) is 19.1 Å². The third-order valence-corrected chi connectivity index (χ3v) is 4.85. The second-order valence-corrected chi connectivity index (χ2v) is 6.69. The van der Waals surface area contributed by atoms with Crippen LogP contribution in [0.4, 0.5) is 5.82 Å². The molecule has 0 spiro atoms. The van der Waals surface area contributed by atoms with Crippen molar-refractivity contribution in [3.8, 4) is 23.1 Å². The zero-order valence-electron chi connectivity index (χ0n) is 16.0. The Balaban J connectivity index is 2.36. The number of hydrogen-bond acceptors (Lipinski definition) is 5. The zero-order valence-corrected chi connectivity index (χ0v) is 16.0. The van der Waals surface area contributed by atoms with Crippen LogP contribution in [0.3, 0.4) is 0 Å². The lowest BCUT2D eigenvalue weighted by molar-refractivity contribution is 0.0691. The highest BCUT2D eigenvalue weighted by Gasteiger charge is 2.23. The molecule has 0 saturated carbocycles. The van der Waals surface area contributed by atoms with E-state index in [2.05, 4.69) is 11.1 Å². The summed E-state index contributed by atoms with van der Waals surface area (Å²) in [7, 11) is 5.57. The molecule has 0 amide bonds. The summed E-state index contributed by atoms with van der Waals surface area (Å²) in [4.78, 5) is 28.0. The molecule has 0 atom stereocenters. The Bertz CT molecular complexity index is 1210. The van der Waals surface area contributed by atoms with Crippen LogP contribution in [0.25, 0.3) is 22.2 Å². The number of rotatable bonds is 4. The van der Waals surface area contributed by atoms with Gasteiger partial charge < -0.3 is 24.7 Å². The molecule has 3 N–H and O–H groups in total. The second kappa shape index (κ2) is 6.78. The Morgan fingerprint density at radius 3 is 2.57 bits per heavy atom. The summed E-state index contributed by atoms with van der Waals surface area (Å²) in [6.07, 6.45) is 0.319. The van der Waals surface area contributed by atoms with E-state index < -0.39 is 22.8 Å². The lowest BCUT2D eigenvalue weighted by Crippen LogP contribution is -2.20. The number of anilines is 1. The minimum absolute atomic E-state index is 0.319. The average molecular weight is 380 g/mol. The van der Waals surface area contributed by atoms with Gasteiger partial charge in [-0.25, -0.2) is 4.79 Å². The van der Waals surface area contributed by atoms with Gasteiger partial charge in [0.2, 0.25) is 0 Å². The van der Waals surface area contributed by atoms with E-state index in [9.17, 15) is 25.1 Å². The first-order chi connectivity index (χ1) is 13.2. The van der Waals surface area contributed by atoms with Crippen molar-refractivity contribution < 1.29 is 15.0 Å². The van der Waals surface area contributed by atoms with Gasteiger partial charge in [0, 0.05) is 32.1 Å². The van der Waals surface area contributed by atoms with Gasteiger partial charge in [-0.1, -0.05) is 13.0 Å². The summed E-state index contributed by atoms with van der Waals surface area (Å²) < 4.78 is 1.91. The van der Waals surface area contributed by atoms with Crippen LogP contribution in [0, 0.1) is 11.3 Å². The first kappa shape index (κ1) is 19.0. The summed E-state index contributed by atoms with van der Waals surface area (Å²) in [5.74, 6) is -1.26. The van der Waals surface area contributed by atoms with Gasteiger partial charge in [-0.3, -0.25) is 4.79 Å². The highest BCUT2D eigenvalue weighted by molar-refractivity contribution is 5.96. The smallest absolute Gasteiger partial charge is 0.345 e. The predicted octanol–water partition coefficient (Wildman–Crippen LogP) is 2.44. The summed E-state index contributed by atoms with van der Waals surface area (Å²) >= 11 is 0. The number of nitrogens with one attached hydrogen (secondary N) is 1. The third-order valence-electron chi connectivity index (χ3n) is 4.85. The highest BCUT2D eigenvalue weighted by atomic mass is 16.4. The fourth-order valence-electron chi connectivity index (χ4n) is 3.64. The number of carboxylic acids is 1. The zero-order chi connectivity index (χ0) is 20.7. The molecule has 0 aliphatic carbocycles. The summed E-state index contributed by atoms with van der Waals surface area (Å²) in [6, 6.07) is 7.61. The number of nitrogens with zero attached hydrogens (tertiary/aromatic N) is 3. The van der Waals surface area contributed by atoms with E-state index in [0.29, 0.717) is 34.2 Å². The molecule has 0 aliphatic heterocycles. The van der Waals surface area contributed by atoms with Crippen LogP contribution >= 0.6 is 0 Å². The van der Waals surface area contributed by atoms with Gasteiger partial charge >= 0.3 is 5.97 Å². The van der Waals surface area contributed by atoms with E-state index in [4.69, 9.17) is 0 Å². The van der Waals surface area contributed by atoms with E-state index in [-0.39, 0.29) is 0 Å². The molecule has 0 radical (unpaired) electrons. The Labute approximate surface area is 160 Å². The fourth-order valence-corrected chi connectivity index (χ4v) is 3.64. The molecule has 0 unspecified atom stereocenters. The standard InChI is InChI=1S/C20H20N4O4/c1-5-11-16(22-18(26)15(17(11)25)20(27)28)10-6-7-14-12(8-10)13(9-21)19(23(2)3)24(14)4/h6-8H,5H2,1-4H3,(H,27,28)(H2,22,25,26). The number of fused-ring (bicyclic) bond motifs is 1. The molecule has 28 heavy (non-hydrogen) atoms. The van der Waals surface area contributed by atoms with Crippen LogP contribution in [0.1, 0.15) is 28.4 Å². The molecule has 1 aromatic carbocycles. The van der Waals surface area contributed by atoms with Gasteiger partial charge in [0.05, 0.1) is 11.2 Å². The van der Waals surface area contributed by atoms with Crippen molar-refractivity contribution in [1.29, 1.82) is 5.26 Å². The lowest BCUT2D eigenvalue weighted by atomic mass is 9.99. The number of aromatic carboxylic acids is 1. The Kier molecular flexibility index (Phi) is 4.61. The Hall–Kier alpha value is -3.73. The van der Waals surface area contributed by atoms with Crippen molar-refractivity contribution in [2.24, 2.45) is 7.05 Å². The van der Waals surface area contributed by atoms with Crippen molar-refractivity contribution >= 4 is 22.7 Å². The molecule has 0 fully saturated rings. The number of aromatic hydroxyl groups is 1. The summed E-state index contributed by atoms with van der Waals surface area (Å²) in [6.45, 7) is 1.76. The molecule has 2 heterocycles. The number of H-pyrrole nitrogens is 1. The van der Waals surface area contributed by atoms with Crippen molar-refractivity contribution in [3.05, 3.63) is 45.2 Å². The molecule has 2 aromatic heterocycles. The molecule has 144 valence electrons. The van der Waals surface area contributed by atoms with Gasteiger partial charge in [0.15, 0.2) is 5.56 Å². The highest BCUT2D eigenvalue weighted by Crippen LogP contribution is 2.35. The third kappa shape index (κ3) is 2.68. The van der Waals surface area contributed by atoms with Crippen molar-refractivity contribution in [2.45, 2.75) is 13.3 Å². The summed E-state index contributed by atoms with van der Waals surface area (Å²) in [5.41, 5.74) is 1.05. The minimum atomic E-state index is -1.49. The van der Waals surface area contributed by atoms with Gasteiger partial charge in [0.1, 0.15) is 23.2 Å². The van der Waals surface area contributed by atoms with Gasteiger partial charge in [-0.05, 0) is 24.1 Å². The molecule has 0 saturated heterocycles. The number of aromatic nitrogens is 2. The number of hydrogen-bond donors (Lipinski definition) is 3. The van der Waals surface area contributed by atoms with E-state index in [0.717, 1.165) is 11.3 Å². The van der Waals surface area contributed by atoms with Crippen molar-refractivity contribution in [1.82, 2.24) is 9.55 Å². The number of carbonyl (C=O) groups is 1. The quantitative estimate of drug-likeness (QED) is 0.639. The summed E-state index contributed by atoms with van der Waals surface area (Å²) in [5, 5.41) is 29.9. The topological polar surface area (TPSA) is 122 Å². The number of carboxylic acid groups (broad SMARTS) is 1. The van der Waals surface area contributed by atoms with Crippen LogP contribution in [0.5, 0.6) is 5.75 Å². The van der Waals surface area contributed by atoms with Gasteiger partial charge in [-0.2, -0.15) is 5.26 Å². The second-order valence-electron chi connectivity index (χ2n) is 6.69. The maximum Gasteiger partial charge on any atom is 0.345 e. The molecule has 0 bridgehead atoms. The first-order valence-electron chi connectivity index (χ1n) is 8.64. The minimum Gasteiger partial charge on any atom is -0.506 e. The molecule has 0 aliphatic rings. The largest absolute Gasteiger partial charge is 0.506 e. The first-order valence-corrected chi connectivity index (χ1v) is 8.64. The van der Waals surface area contributed by atoms with E-state index in [1.165, 1.54) is 0 Å².